The van der Waals surface area contributed by atoms with Crippen LogP contribution in [0.1, 0.15) is 29.1 Å². The summed E-state index contributed by atoms with van der Waals surface area (Å²) in [4.78, 5) is 10.9. The quantitative estimate of drug-likeness (QED) is 0.506. The second-order valence-electron chi connectivity index (χ2n) is 2.56. The number of carbonyl (C=O) groups is 1. The van der Waals surface area contributed by atoms with Gasteiger partial charge in [0.2, 0.25) is 0 Å². The van der Waals surface area contributed by atoms with Gasteiger partial charge in [0.15, 0.2) is 12.1 Å². The Bertz CT molecular complexity index is 292. The molecule has 64 valence electrons. The second kappa shape index (κ2) is 3.47. The average Bonchev–Trinajstić information content (AvgIpc) is 2.04. The summed E-state index contributed by atoms with van der Waals surface area (Å²) in [5.41, 5.74) is 0.823. The van der Waals surface area contributed by atoms with Crippen molar-refractivity contribution >= 4 is 5.78 Å². The van der Waals surface area contributed by atoms with Gasteiger partial charge in [-0.1, -0.05) is 18.2 Å². The first kappa shape index (κ1) is 8.90. The van der Waals surface area contributed by atoms with Crippen molar-refractivity contribution in [2.24, 2.45) is 0 Å². The zero-order valence-electron chi connectivity index (χ0n) is 6.69. The number of aliphatic hydroxyl groups excluding tert-OH is 1. The molecule has 0 amide bonds. The van der Waals surface area contributed by atoms with E-state index < -0.39 is 6.29 Å². The Labute approximate surface area is 70.3 Å². The van der Waals surface area contributed by atoms with Crippen molar-refractivity contribution in [1.82, 2.24) is 0 Å². The standard InChI is InChI=1S/C9H10O3/c1-6(10)7-3-2-4-8(5-7)9(11)12/h2-5,9,11-12H,1H3. The van der Waals surface area contributed by atoms with Gasteiger partial charge in [-0.3, -0.25) is 4.79 Å². The smallest absolute Gasteiger partial charge is 0.178 e. The summed E-state index contributed by atoms with van der Waals surface area (Å²) >= 11 is 0. The normalized spacial score (nSPS) is 10.3. The van der Waals surface area contributed by atoms with Gasteiger partial charge in [-0.2, -0.15) is 0 Å². The number of ketones is 1. The first-order chi connectivity index (χ1) is 5.61. The van der Waals surface area contributed by atoms with Gasteiger partial charge in [0, 0.05) is 11.1 Å². The zero-order valence-corrected chi connectivity index (χ0v) is 6.69. The fourth-order valence-corrected chi connectivity index (χ4v) is 0.918. The van der Waals surface area contributed by atoms with Gasteiger partial charge in [0.1, 0.15) is 0 Å². The molecular weight excluding hydrogens is 156 g/mol. The molecule has 0 fully saturated rings. The van der Waals surface area contributed by atoms with Crippen molar-refractivity contribution in [3.8, 4) is 0 Å². The summed E-state index contributed by atoms with van der Waals surface area (Å²) in [6.07, 6.45) is -1.51. The lowest BCUT2D eigenvalue weighted by Gasteiger charge is -2.03. The Kier molecular flexibility index (Phi) is 2.58. The third kappa shape index (κ3) is 1.90. The summed E-state index contributed by atoms with van der Waals surface area (Å²) in [7, 11) is 0. The van der Waals surface area contributed by atoms with Gasteiger partial charge in [-0.05, 0) is 13.0 Å². The van der Waals surface area contributed by atoms with Crippen LogP contribution in [0, 0.1) is 0 Å². The molecule has 0 aliphatic rings. The third-order valence-corrected chi connectivity index (χ3v) is 1.59. The molecular formula is C9H10O3. The summed E-state index contributed by atoms with van der Waals surface area (Å²) in [6.45, 7) is 1.43. The van der Waals surface area contributed by atoms with E-state index in [0.717, 1.165) is 0 Å². The predicted octanol–water partition coefficient (Wildman–Crippen LogP) is 0.872. The van der Waals surface area contributed by atoms with Crippen LogP contribution in [-0.4, -0.2) is 16.0 Å². The number of hydrogen-bond donors (Lipinski definition) is 2. The molecule has 1 rings (SSSR count). The Morgan fingerprint density at radius 1 is 1.42 bits per heavy atom. The molecule has 0 saturated heterocycles. The van der Waals surface area contributed by atoms with Crippen molar-refractivity contribution < 1.29 is 15.0 Å². The fraction of sp³-hybridized carbons (Fsp3) is 0.222. The van der Waals surface area contributed by atoms with E-state index in [1.807, 2.05) is 0 Å². The minimum Gasteiger partial charge on any atom is -0.364 e. The molecule has 0 aliphatic carbocycles. The monoisotopic (exact) mass is 166 g/mol. The molecule has 1 aromatic rings. The molecule has 0 saturated carbocycles. The molecule has 0 aliphatic heterocycles. The van der Waals surface area contributed by atoms with E-state index >= 15 is 0 Å². The minimum absolute atomic E-state index is 0.0856. The van der Waals surface area contributed by atoms with Crippen LogP contribution in [0.15, 0.2) is 24.3 Å². The van der Waals surface area contributed by atoms with Crippen molar-refractivity contribution in [1.29, 1.82) is 0 Å². The molecule has 0 atom stereocenters. The molecule has 0 spiro atoms. The molecule has 0 radical (unpaired) electrons. The van der Waals surface area contributed by atoms with Crippen molar-refractivity contribution in [3.05, 3.63) is 35.4 Å². The van der Waals surface area contributed by atoms with Crippen LogP contribution in [0.3, 0.4) is 0 Å². The first-order valence-electron chi connectivity index (χ1n) is 3.58. The Balaban J connectivity index is 3.04. The van der Waals surface area contributed by atoms with Gasteiger partial charge in [-0.15, -0.1) is 0 Å². The van der Waals surface area contributed by atoms with Crippen LogP contribution in [0.5, 0.6) is 0 Å². The van der Waals surface area contributed by atoms with Crippen LogP contribution in [0.25, 0.3) is 0 Å². The highest BCUT2D eigenvalue weighted by molar-refractivity contribution is 5.94. The predicted molar refractivity (Wildman–Crippen MR) is 43.6 cm³/mol. The highest BCUT2D eigenvalue weighted by Gasteiger charge is 2.04. The molecule has 12 heavy (non-hydrogen) atoms. The fourth-order valence-electron chi connectivity index (χ4n) is 0.918. The van der Waals surface area contributed by atoms with E-state index in [2.05, 4.69) is 0 Å². The van der Waals surface area contributed by atoms with Gasteiger partial charge >= 0.3 is 0 Å². The Morgan fingerprint density at radius 2 is 2.08 bits per heavy atom. The van der Waals surface area contributed by atoms with E-state index in [1.165, 1.54) is 13.0 Å². The number of carbonyl (C=O) groups excluding carboxylic acids is 1. The SMILES string of the molecule is CC(=O)c1cccc(C(O)O)c1. The largest absolute Gasteiger partial charge is 0.364 e. The summed E-state index contributed by atoms with van der Waals surface area (Å²) in [5.74, 6) is -0.0856. The number of rotatable bonds is 2. The van der Waals surface area contributed by atoms with Gasteiger partial charge in [0.25, 0.3) is 0 Å². The van der Waals surface area contributed by atoms with E-state index in [-0.39, 0.29) is 5.78 Å². The van der Waals surface area contributed by atoms with E-state index in [0.29, 0.717) is 11.1 Å². The van der Waals surface area contributed by atoms with E-state index in [4.69, 9.17) is 10.2 Å². The third-order valence-electron chi connectivity index (χ3n) is 1.59. The number of aliphatic hydroxyl groups is 2. The van der Waals surface area contributed by atoms with Gasteiger partial charge < -0.3 is 10.2 Å². The average molecular weight is 166 g/mol. The lowest BCUT2D eigenvalue weighted by molar-refractivity contribution is -0.0424. The molecule has 0 aromatic heterocycles. The lowest BCUT2D eigenvalue weighted by Crippen LogP contribution is -1.98. The Morgan fingerprint density at radius 3 is 2.58 bits per heavy atom. The molecule has 3 nitrogen and oxygen atoms in total. The van der Waals surface area contributed by atoms with Crippen LogP contribution in [0.4, 0.5) is 0 Å². The number of benzene rings is 1. The summed E-state index contributed by atoms with van der Waals surface area (Å²) in [5, 5.41) is 17.5. The number of Topliss-reactive ketones (excluding diaryl/α,β-unsaturated/α-hetero) is 1. The summed E-state index contributed by atoms with van der Waals surface area (Å²) < 4.78 is 0. The molecule has 0 unspecified atom stereocenters. The van der Waals surface area contributed by atoms with Crippen LogP contribution < -0.4 is 0 Å². The zero-order chi connectivity index (χ0) is 9.14. The van der Waals surface area contributed by atoms with E-state index in [1.54, 1.807) is 18.2 Å². The molecule has 2 N–H and O–H groups in total. The lowest BCUT2D eigenvalue weighted by atomic mass is 10.1. The molecule has 1 aromatic carbocycles. The van der Waals surface area contributed by atoms with Crippen molar-refractivity contribution in [2.45, 2.75) is 13.2 Å². The molecule has 0 heterocycles. The molecule has 0 bridgehead atoms. The van der Waals surface area contributed by atoms with Gasteiger partial charge in [0.05, 0.1) is 0 Å². The minimum atomic E-state index is -1.51. The summed E-state index contributed by atoms with van der Waals surface area (Å²) in [6, 6.07) is 6.27. The highest BCUT2D eigenvalue weighted by Crippen LogP contribution is 2.11. The topological polar surface area (TPSA) is 57.5 Å². The van der Waals surface area contributed by atoms with Gasteiger partial charge in [-0.25, -0.2) is 0 Å². The van der Waals surface area contributed by atoms with E-state index in [9.17, 15) is 4.79 Å². The van der Waals surface area contributed by atoms with Crippen LogP contribution in [-0.2, 0) is 0 Å². The maximum Gasteiger partial charge on any atom is 0.178 e. The first-order valence-corrected chi connectivity index (χ1v) is 3.58. The maximum absolute atomic E-state index is 10.9. The maximum atomic E-state index is 10.9. The van der Waals surface area contributed by atoms with Crippen LogP contribution in [0.2, 0.25) is 0 Å². The van der Waals surface area contributed by atoms with Crippen molar-refractivity contribution in [3.63, 3.8) is 0 Å². The van der Waals surface area contributed by atoms with Crippen molar-refractivity contribution in [2.75, 3.05) is 0 Å². The number of hydrogen-bond acceptors (Lipinski definition) is 3. The molecule has 3 heteroatoms. The Hall–Kier alpha value is -1.19. The second-order valence-corrected chi connectivity index (χ2v) is 2.56. The highest BCUT2D eigenvalue weighted by atomic mass is 16.5. The van der Waals surface area contributed by atoms with Crippen LogP contribution >= 0.6 is 0 Å².